The highest BCUT2D eigenvalue weighted by Crippen LogP contribution is 2.22. The Morgan fingerprint density at radius 2 is 1.93 bits per heavy atom. The van der Waals surface area contributed by atoms with Crippen molar-refractivity contribution in [2.45, 2.75) is 45.4 Å². The first-order chi connectivity index (χ1) is 6.63. The summed E-state index contributed by atoms with van der Waals surface area (Å²) in [6.45, 7) is 6.57. The minimum absolute atomic E-state index is 0.321. The second kappa shape index (κ2) is 5.77. The van der Waals surface area contributed by atoms with Crippen LogP contribution < -0.4 is 0 Å². The van der Waals surface area contributed by atoms with Gasteiger partial charge in [-0.2, -0.15) is 0 Å². The molecule has 0 aliphatic carbocycles. The van der Waals surface area contributed by atoms with E-state index < -0.39 is 0 Å². The van der Waals surface area contributed by atoms with E-state index in [0.29, 0.717) is 11.3 Å². The summed E-state index contributed by atoms with van der Waals surface area (Å²) >= 11 is 8.14. The summed E-state index contributed by atoms with van der Waals surface area (Å²) in [5.41, 5.74) is 0. The molecule has 0 aromatic carbocycles. The third kappa shape index (κ3) is 3.62. The van der Waals surface area contributed by atoms with Crippen molar-refractivity contribution in [3.05, 3.63) is 21.9 Å². The lowest BCUT2D eigenvalue weighted by Crippen LogP contribution is -2.08. The Hall–Kier alpha value is -0.0100. The van der Waals surface area contributed by atoms with Crippen LogP contribution in [0.5, 0.6) is 0 Å². The third-order valence-electron chi connectivity index (χ3n) is 2.46. The predicted molar refractivity (Wildman–Crippen MR) is 66.5 cm³/mol. The van der Waals surface area contributed by atoms with E-state index in [4.69, 9.17) is 11.6 Å². The largest absolute Gasteiger partial charge is 0.145 e. The van der Waals surface area contributed by atoms with Crippen LogP contribution in [-0.4, -0.2) is 5.38 Å². The predicted octanol–water partition coefficient (Wildman–Crippen LogP) is 4.51. The SMILES string of the molecule is CCc1ccc(CCC(Cl)C(C)C)s1. The molecule has 1 atom stereocenters. The first-order valence-electron chi connectivity index (χ1n) is 5.35. The maximum atomic E-state index is 6.21. The van der Waals surface area contributed by atoms with Crippen molar-refractivity contribution in [2.24, 2.45) is 5.92 Å². The van der Waals surface area contributed by atoms with Gasteiger partial charge in [0.1, 0.15) is 0 Å². The minimum Gasteiger partial charge on any atom is -0.145 e. The summed E-state index contributed by atoms with van der Waals surface area (Å²) in [5.74, 6) is 0.585. The fraction of sp³-hybridized carbons (Fsp3) is 0.667. The smallest absolute Gasteiger partial charge is 0.0362 e. The number of rotatable bonds is 5. The lowest BCUT2D eigenvalue weighted by molar-refractivity contribution is 0.567. The molecule has 0 nitrogen and oxygen atoms in total. The molecule has 0 bridgehead atoms. The summed E-state index contributed by atoms with van der Waals surface area (Å²) in [7, 11) is 0. The van der Waals surface area contributed by atoms with Crippen LogP contribution in [-0.2, 0) is 12.8 Å². The van der Waals surface area contributed by atoms with Crippen molar-refractivity contribution in [2.75, 3.05) is 0 Å². The topological polar surface area (TPSA) is 0 Å². The molecular formula is C12H19ClS. The van der Waals surface area contributed by atoms with E-state index in [1.807, 2.05) is 11.3 Å². The molecule has 0 saturated carbocycles. The number of aryl methyl sites for hydroxylation is 2. The first kappa shape index (κ1) is 12.1. The van der Waals surface area contributed by atoms with Crippen LogP contribution in [0.4, 0.5) is 0 Å². The van der Waals surface area contributed by atoms with Crippen LogP contribution >= 0.6 is 22.9 Å². The molecule has 1 aromatic rings. The van der Waals surface area contributed by atoms with Gasteiger partial charge in [-0.1, -0.05) is 20.8 Å². The van der Waals surface area contributed by atoms with E-state index in [0.717, 1.165) is 19.3 Å². The van der Waals surface area contributed by atoms with Gasteiger partial charge in [-0.15, -0.1) is 22.9 Å². The van der Waals surface area contributed by atoms with Gasteiger partial charge in [0.15, 0.2) is 0 Å². The molecule has 0 fully saturated rings. The van der Waals surface area contributed by atoms with Gasteiger partial charge < -0.3 is 0 Å². The van der Waals surface area contributed by atoms with Crippen LogP contribution in [0.3, 0.4) is 0 Å². The second-order valence-corrected chi connectivity index (χ2v) is 5.83. The Labute approximate surface area is 96.3 Å². The monoisotopic (exact) mass is 230 g/mol. The van der Waals surface area contributed by atoms with E-state index in [1.165, 1.54) is 9.75 Å². The maximum absolute atomic E-state index is 6.21. The Morgan fingerprint density at radius 3 is 2.43 bits per heavy atom. The van der Waals surface area contributed by atoms with Crippen molar-refractivity contribution in [1.82, 2.24) is 0 Å². The van der Waals surface area contributed by atoms with E-state index in [9.17, 15) is 0 Å². The number of hydrogen-bond acceptors (Lipinski definition) is 1. The summed E-state index contributed by atoms with van der Waals surface area (Å²) in [6.07, 6.45) is 3.39. The van der Waals surface area contributed by atoms with Crippen molar-refractivity contribution < 1.29 is 0 Å². The molecule has 14 heavy (non-hydrogen) atoms. The zero-order valence-corrected chi connectivity index (χ0v) is 10.8. The first-order valence-corrected chi connectivity index (χ1v) is 6.60. The lowest BCUT2D eigenvalue weighted by atomic mass is 10.1. The van der Waals surface area contributed by atoms with Crippen molar-refractivity contribution in [3.8, 4) is 0 Å². The molecule has 0 amide bonds. The van der Waals surface area contributed by atoms with Gasteiger partial charge >= 0.3 is 0 Å². The Bertz CT molecular complexity index is 265. The van der Waals surface area contributed by atoms with E-state index in [2.05, 4.69) is 32.9 Å². The molecule has 1 unspecified atom stereocenters. The van der Waals surface area contributed by atoms with Gasteiger partial charge in [-0.3, -0.25) is 0 Å². The highest BCUT2D eigenvalue weighted by Gasteiger charge is 2.09. The van der Waals surface area contributed by atoms with Crippen molar-refractivity contribution >= 4 is 22.9 Å². The van der Waals surface area contributed by atoms with Gasteiger partial charge in [0.05, 0.1) is 0 Å². The average Bonchev–Trinajstić information content (AvgIpc) is 2.61. The molecule has 1 rings (SSSR count). The number of alkyl halides is 1. The van der Waals surface area contributed by atoms with Crippen LogP contribution in [0.25, 0.3) is 0 Å². The molecule has 0 radical (unpaired) electrons. The fourth-order valence-electron chi connectivity index (χ4n) is 1.36. The molecule has 80 valence electrons. The zero-order valence-electron chi connectivity index (χ0n) is 9.22. The van der Waals surface area contributed by atoms with Crippen molar-refractivity contribution in [3.63, 3.8) is 0 Å². The molecule has 0 aliphatic rings. The lowest BCUT2D eigenvalue weighted by Gasteiger charge is -2.11. The van der Waals surface area contributed by atoms with E-state index >= 15 is 0 Å². The Morgan fingerprint density at radius 1 is 1.29 bits per heavy atom. The highest BCUT2D eigenvalue weighted by atomic mass is 35.5. The molecule has 0 spiro atoms. The molecule has 1 heterocycles. The highest BCUT2D eigenvalue weighted by molar-refractivity contribution is 7.11. The number of hydrogen-bond donors (Lipinski definition) is 0. The van der Waals surface area contributed by atoms with Crippen molar-refractivity contribution in [1.29, 1.82) is 0 Å². The maximum Gasteiger partial charge on any atom is 0.0362 e. The van der Waals surface area contributed by atoms with Gasteiger partial charge in [0.2, 0.25) is 0 Å². The van der Waals surface area contributed by atoms with Crippen LogP contribution in [0, 0.1) is 5.92 Å². The Kier molecular flexibility index (Phi) is 4.97. The molecule has 2 heteroatoms. The minimum atomic E-state index is 0.321. The third-order valence-corrected chi connectivity index (χ3v) is 4.47. The van der Waals surface area contributed by atoms with Crippen LogP contribution in [0.1, 0.15) is 36.9 Å². The zero-order chi connectivity index (χ0) is 10.6. The fourth-order valence-corrected chi connectivity index (χ4v) is 2.44. The molecule has 0 saturated heterocycles. The van der Waals surface area contributed by atoms with Gasteiger partial charge in [0.25, 0.3) is 0 Å². The van der Waals surface area contributed by atoms with Gasteiger partial charge in [0, 0.05) is 15.1 Å². The van der Waals surface area contributed by atoms with Gasteiger partial charge in [-0.25, -0.2) is 0 Å². The van der Waals surface area contributed by atoms with Gasteiger partial charge in [-0.05, 0) is 37.3 Å². The van der Waals surface area contributed by atoms with E-state index in [1.54, 1.807) is 0 Å². The molecule has 0 N–H and O–H groups in total. The summed E-state index contributed by atoms with van der Waals surface area (Å²) < 4.78 is 0. The average molecular weight is 231 g/mol. The quantitative estimate of drug-likeness (QED) is 0.654. The standard InChI is InChI=1S/C12H19ClS/c1-4-10-5-6-11(14-10)7-8-12(13)9(2)3/h5-6,9,12H,4,7-8H2,1-3H3. The van der Waals surface area contributed by atoms with Crippen LogP contribution in [0.15, 0.2) is 12.1 Å². The number of thiophene rings is 1. The molecule has 1 aromatic heterocycles. The second-order valence-electron chi connectivity index (χ2n) is 4.02. The number of halogens is 1. The summed E-state index contributed by atoms with van der Waals surface area (Å²) in [5, 5.41) is 0.321. The van der Waals surface area contributed by atoms with E-state index in [-0.39, 0.29) is 0 Å². The molecular weight excluding hydrogens is 212 g/mol. The summed E-state index contributed by atoms with van der Waals surface area (Å²) in [6, 6.07) is 4.48. The molecule has 0 aliphatic heterocycles. The summed E-state index contributed by atoms with van der Waals surface area (Å²) in [4.78, 5) is 2.96. The Balaban J connectivity index is 2.37. The van der Waals surface area contributed by atoms with Crippen LogP contribution in [0.2, 0.25) is 0 Å². The normalized spacial score (nSPS) is 13.5.